The van der Waals surface area contributed by atoms with Gasteiger partial charge >= 0.3 is 11.7 Å². The van der Waals surface area contributed by atoms with Crippen LogP contribution in [0.3, 0.4) is 0 Å². The fourth-order valence-electron chi connectivity index (χ4n) is 4.57. The van der Waals surface area contributed by atoms with E-state index in [-0.39, 0.29) is 22.3 Å². The summed E-state index contributed by atoms with van der Waals surface area (Å²) in [5.74, 6) is 0.150. The van der Waals surface area contributed by atoms with Crippen LogP contribution in [0.1, 0.15) is 102 Å². The van der Waals surface area contributed by atoms with Crippen molar-refractivity contribution in [1.82, 2.24) is 0 Å². The molecule has 0 radical (unpaired) electrons. The Hall–Kier alpha value is -4.13. The minimum atomic E-state index is -0.914. The molecule has 0 fully saturated rings. The normalized spacial score (nSPS) is 11.4. The predicted molar refractivity (Wildman–Crippen MR) is 179 cm³/mol. The molecule has 3 rings (SSSR count). The van der Waals surface area contributed by atoms with Gasteiger partial charge in [0.15, 0.2) is 5.75 Å². The van der Waals surface area contributed by atoms with Crippen molar-refractivity contribution in [2.24, 2.45) is 0 Å². The average molecular weight is 604 g/mol. The molecule has 0 aliphatic carbocycles. The highest BCUT2D eigenvalue weighted by Crippen LogP contribution is 2.33. The quantitative estimate of drug-likeness (QED) is 0.0633. The van der Waals surface area contributed by atoms with E-state index in [1.165, 1.54) is 44.9 Å². The first-order valence-corrected chi connectivity index (χ1v) is 16.0. The number of allylic oxidation sites excluding steroid dienone is 1. The maximum absolute atomic E-state index is 11.4. The summed E-state index contributed by atoms with van der Waals surface area (Å²) in [6.45, 7) is 6.99. The van der Waals surface area contributed by atoms with Crippen LogP contribution in [0.25, 0.3) is 11.1 Å². The molecular formula is C37H49NO6. The molecule has 0 aliphatic heterocycles. The number of unbranched alkanes of at least 4 members (excludes halogenated alkanes) is 7. The lowest BCUT2D eigenvalue weighted by Gasteiger charge is -2.15. The van der Waals surface area contributed by atoms with E-state index in [0.29, 0.717) is 18.1 Å². The van der Waals surface area contributed by atoms with Gasteiger partial charge in [-0.05, 0) is 80.5 Å². The van der Waals surface area contributed by atoms with Gasteiger partial charge in [-0.3, -0.25) is 10.1 Å². The van der Waals surface area contributed by atoms with Crippen LogP contribution in [0, 0.1) is 10.1 Å². The number of carboxylic acid groups (broad SMARTS) is 1. The van der Waals surface area contributed by atoms with E-state index >= 15 is 0 Å². The van der Waals surface area contributed by atoms with Crippen LogP contribution in [-0.4, -0.2) is 28.7 Å². The standard InChI is InChI=1S/C20H25NO3.C17H24O3/c1-3-4-5-7-10-16(2)24-20-14-13-18(15-19(20)21(22)23)17-11-8-6-9-12-17;1-2-3-4-5-6-7-8-9-14-20-16-12-10-15(11-13-16)17(18)19/h6,8-9,11-16H,3-5,7,10H2,1-2H3;7-8,10-13H,2-6,9,14H2,1H3,(H,18,19)/b;8-7+/t16-;/m0./s1. The molecule has 0 saturated heterocycles. The summed E-state index contributed by atoms with van der Waals surface area (Å²) in [5, 5.41) is 20.2. The van der Waals surface area contributed by atoms with E-state index in [4.69, 9.17) is 14.6 Å². The lowest BCUT2D eigenvalue weighted by molar-refractivity contribution is -0.386. The van der Waals surface area contributed by atoms with Gasteiger partial charge in [-0.1, -0.05) is 101 Å². The van der Waals surface area contributed by atoms with Gasteiger partial charge in [-0.2, -0.15) is 0 Å². The number of hydrogen-bond acceptors (Lipinski definition) is 5. The van der Waals surface area contributed by atoms with Gasteiger partial charge in [0, 0.05) is 6.07 Å². The second kappa shape index (κ2) is 21.5. The molecule has 3 aromatic rings. The number of carboxylic acids is 1. The molecule has 1 atom stereocenters. The van der Waals surface area contributed by atoms with Crippen molar-refractivity contribution >= 4 is 11.7 Å². The first-order valence-electron chi connectivity index (χ1n) is 16.0. The van der Waals surface area contributed by atoms with E-state index in [1.54, 1.807) is 36.4 Å². The number of rotatable bonds is 19. The van der Waals surface area contributed by atoms with Gasteiger partial charge in [0.2, 0.25) is 0 Å². The van der Waals surface area contributed by atoms with Crippen LogP contribution < -0.4 is 9.47 Å². The molecule has 44 heavy (non-hydrogen) atoms. The molecule has 1 N–H and O–H groups in total. The van der Waals surface area contributed by atoms with E-state index in [2.05, 4.69) is 26.0 Å². The van der Waals surface area contributed by atoms with Crippen LogP contribution >= 0.6 is 0 Å². The Morgan fingerprint density at radius 2 is 1.50 bits per heavy atom. The van der Waals surface area contributed by atoms with Gasteiger partial charge in [0.25, 0.3) is 0 Å². The monoisotopic (exact) mass is 603 g/mol. The summed E-state index contributed by atoms with van der Waals surface area (Å²) in [4.78, 5) is 21.7. The average Bonchev–Trinajstić information content (AvgIpc) is 3.03. The Kier molecular flexibility index (Phi) is 17.7. The summed E-state index contributed by atoms with van der Waals surface area (Å²) >= 11 is 0. The Morgan fingerprint density at radius 3 is 2.14 bits per heavy atom. The molecule has 0 unspecified atom stereocenters. The summed E-state index contributed by atoms with van der Waals surface area (Å²) in [6.07, 6.45) is 17.1. The summed E-state index contributed by atoms with van der Waals surface area (Å²) in [6, 6.07) is 21.3. The van der Waals surface area contributed by atoms with Crippen molar-refractivity contribution in [3.63, 3.8) is 0 Å². The molecule has 0 aliphatic rings. The zero-order valence-electron chi connectivity index (χ0n) is 26.6. The zero-order valence-corrected chi connectivity index (χ0v) is 26.6. The molecule has 0 bridgehead atoms. The van der Waals surface area contributed by atoms with Crippen LogP contribution in [0.15, 0.2) is 84.9 Å². The number of benzene rings is 3. The van der Waals surface area contributed by atoms with Gasteiger partial charge < -0.3 is 14.6 Å². The van der Waals surface area contributed by atoms with Crippen LogP contribution in [0.4, 0.5) is 5.69 Å². The Balaban J connectivity index is 0.000000312. The number of hydrogen-bond donors (Lipinski definition) is 1. The predicted octanol–water partition coefficient (Wildman–Crippen LogP) is 10.7. The number of ether oxygens (including phenoxy) is 2. The first-order chi connectivity index (χ1) is 21.3. The molecule has 3 aromatic carbocycles. The summed E-state index contributed by atoms with van der Waals surface area (Å²) < 4.78 is 11.4. The van der Waals surface area contributed by atoms with Crippen molar-refractivity contribution in [2.75, 3.05) is 6.61 Å². The second-order valence-corrected chi connectivity index (χ2v) is 10.9. The maximum Gasteiger partial charge on any atom is 0.335 e. The van der Waals surface area contributed by atoms with Crippen molar-refractivity contribution in [1.29, 1.82) is 0 Å². The number of nitrogens with zero attached hydrogens (tertiary/aromatic N) is 1. The topological polar surface area (TPSA) is 98.9 Å². The van der Waals surface area contributed by atoms with Crippen LogP contribution in [-0.2, 0) is 0 Å². The number of aromatic carboxylic acids is 1. The number of carbonyl (C=O) groups is 1. The molecule has 238 valence electrons. The van der Waals surface area contributed by atoms with Gasteiger partial charge in [-0.15, -0.1) is 0 Å². The highest BCUT2D eigenvalue weighted by molar-refractivity contribution is 5.87. The third-order valence-corrected chi connectivity index (χ3v) is 7.10. The minimum absolute atomic E-state index is 0.0248. The van der Waals surface area contributed by atoms with Crippen LogP contribution in [0.2, 0.25) is 0 Å². The second-order valence-electron chi connectivity index (χ2n) is 10.9. The lowest BCUT2D eigenvalue weighted by atomic mass is 10.0. The SMILES string of the molecule is CCCCCC/C=C/CCOc1ccc(C(=O)O)cc1.CCCCCC[C@H](C)Oc1ccc(-c2ccccc2)cc1[N+](=O)[O-]. The largest absolute Gasteiger partial charge is 0.493 e. The molecule has 7 nitrogen and oxygen atoms in total. The summed E-state index contributed by atoms with van der Waals surface area (Å²) in [7, 11) is 0. The smallest absolute Gasteiger partial charge is 0.335 e. The van der Waals surface area contributed by atoms with E-state index < -0.39 is 5.97 Å². The first kappa shape index (κ1) is 36.1. The van der Waals surface area contributed by atoms with Crippen molar-refractivity contribution in [3.8, 4) is 22.6 Å². The van der Waals surface area contributed by atoms with Crippen molar-refractivity contribution in [2.45, 2.75) is 97.5 Å². The van der Waals surface area contributed by atoms with Gasteiger partial charge in [0.05, 0.1) is 23.2 Å². The highest BCUT2D eigenvalue weighted by atomic mass is 16.6. The van der Waals surface area contributed by atoms with E-state index in [0.717, 1.165) is 36.8 Å². The fourth-order valence-corrected chi connectivity index (χ4v) is 4.57. The third-order valence-electron chi connectivity index (χ3n) is 7.10. The van der Waals surface area contributed by atoms with Crippen molar-refractivity contribution < 1.29 is 24.3 Å². The molecule has 0 spiro atoms. The minimum Gasteiger partial charge on any atom is -0.493 e. The Labute approximate surface area is 263 Å². The highest BCUT2D eigenvalue weighted by Gasteiger charge is 2.18. The van der Waals surface area contributed by atoms with Crippen molar-refractivity contribution in [3.05, 3.63) is 101 Å². The summed E-state index contributed by atoms with van der Waals surface area (Å²) in [5.41, 5.74) is 2.09. The molecule has 7 heteroatoms. The lowest BCUT2D eigenvalue weighted by Crippen LogP contribution is -2.12. The third kappa shape index (κ3) is 14.4. The maximum atomic E-state index is 11.4. The number of nitro benzene ring substituents is 1. The van der Waals surface area contributed by atoms with E-state index in [1.807, 2.05) is 43.3 Å². The Bertz CT molecular complexity index is 1260. The van der Waals surface area contributed by atoms with Gasteiger partial charge in [0.1, 0.15) is 5.75 Å². The molecule has 0 saturated carbocycles. The molecule has 0 amide bonds. The Morgan fingerprint density at radius 1 is 0.841 bits per heavy atom. The fraction of sp³-hybridized carbons (Fsp3) is 0.432. The van der Waals surface area contributed by atoms with Gasteiger partial charge in [-0.25, -0.2) is 4.79 Å². The van der Waals surface area contributed by atoms with E-state index in [9.17, 15) is 14.9 Å². The number of nitro groups is 1. The molecule has 0 heterocycles. The van der Waals surface area contributed by atoms with Crippen LogP contribution in [0.5, 0.6) is 11.5 Å². The molecule has 0 aromatic heterocycles. The zero-order chi connectivity index (χ0) is 32.0. The molecular weight excluding hydrogens is 554 g/mol.